The van der Waals surface area contributed by atoms with Crippen molar-refractivity contribution in [1.82, 2.24) is 26.0 Å². The number of amides is 2. The van der Waals surface area contributed by atoms with E-state index >= 15 is 0 Å². The number of pyridine rings is 1. The summed E-state index contributed by atoms with van der Waals surface area (Å²) in [5, 5.41) is 3.86. The van der Waals surface area contributed by atoms with Crippen LogP contribution in [0.25, 0.3) is 11.4 Å². The summed E-state index contributed by atoms with van der Waals surface area (Å²) in [5.41, 5.74) is 6.84. The van der Waals surface area contributed by atoms with E-state index in [1.54, 1.807) is 30.6 Å². The molecule has 0 radical (unpaired) electrons. The highest BCUT2D eigenvalue weighted by atomic mass is 16.5. The second-order valence-corrected chi connectivity index (χ2v) is 5.57. The van der Waals surface area contributed by atoms with E-state index in [9.17, 15) is 9.59 Å². The molecule has 2 amide bonds. The maximum absolute atomic E-state index is 12.0. The number of hydrogen-bond acceptors (Lipinski definition) is 6. The smallest absolute Gasteiger partial charge is 0.269 e. The van der Waals surface area contributed by atoms with Crippen molar-refractivity contribution in [1.29, 1.82) is 0 Å². The van der Waals surface area contributed by atoms with Gasteiger partial charge >= 0.3 is 0 Å². The number of hydrogen-bond donors (Lipinski definition) is 2. The summed E-state index contributed by atoms with van der Waals surface area (Å²) < 4.78 is 5.12. The molecule has 0 spiro atoms. The van der Waals surface area contributed by atoms with Crippen LogP contribution >= 0.6 is 0 Å². The summed E-state index contributed by atoms with van der Waals surface area (Å²) in [7, 11) is 0. The average Bonchev–Trinajstić information content (AvgIpc) is 3.14. The van der Waals surface area contributed by atoms with Gasteiger partial charge in [-0.3, -0.25) is 25.4 Å². The molecule has 2 N–H and O–H groups in total. The van der Waals surface area contributed by atoms with Crippen LogP contribution in [-0.4, -0.2) is 26.9 Å². The highest BCUT2D eigenvalue weighted by Crippen LogP contribution is 2.14. The Morgan fingerprint density at radius 2 is 1.96 bits per heavy atom. The Labute approximate surface area is 149 Å². The van der Waals surface area contributed by atoms with Crippen LogP contribution in [0.5, 0.6) is 0 Å². The number of benzene rings is 1. The molecule has 132 valence electrons. The molecule has 2 aromatic heterocycles. The Hall–Kier alpha value is -3.55. The van der Waals surface area contributed by atoms with Crippen LogP contribution < -0.4 is 10.9 Å². The lowest BCUT2D eigenvalue weighted by atomic mass is 10.1. The van der Waals surface area contributed by atoms with Gasteiger partial charge in [-0.15, -0.1) is 0 Å². The molecule has 0 saturated heterocycles. The second kappa shape index (κ2) is 8.02. The quantitative estimate of drug-likeness (QED) is 0.679. The van der Waals surface area contributed by atoms with Crippen LogP contribution in [0.1, 0.15) is 28.2 Å². The van der Waals surface area contributed by atoms with Gasteiger partial charge in [-0.05, 0) is 30.7 Å². The van der Waals surface area contributed by atoms with Gasteiger partial charge < -0.3 is 4.52 Å². The van der Waals surface area contributed by atoms with Crippen molar-refractivity contribution in [2.45, 2.75) is 19.8 Å². The van der Waals surface area contributed by atoms with Crippen molar-refractivity contribution >= 4 is 11.8 Å². The Bertz CT molecular complexity index is 908. The predicted octanol–water partition coefficient (Wildman–Crippen LogP) is 1.83. The summed E-state index contributed by atoms with van der Waals surface area (Å²) in [5.74, 6) is 0.0340. The van der Waals surface area contributed by atoms with Gasteiger partial charge in [0.05, 0.1) is 0 Å². The first-order valence-corrected chi connectivity index (χ1v) is 8.01. The summed E-state index contributed by atoms with van der Waals surface area (Å²) in [6.07, 6.45) is 3.64. The standard InChI is InChI=1S/C18H17N5O3/c1-12-5-2-3-7-14(12)18(25)22-21-15(24)8-9-16-20-17(23-26-16)13-6-4-10-19-11-13/h2-7,10-11H,8-9H2,1H3,(H,21,24)(H,22,25). The normalized spacial score (nSPS) is 10.3. The number of hydrazine groups is 1. The Balaban J connectivity index is 1.48. The van der Waals surface area contributed by atoms with Gasteiger partial charge in [-0.25, -0.2) is 0 Å². The molecule has 0 fully saturated rings. The number of aromatic nitrogens is 3. The highest BCUT2D eigenvalue weighted by Gasteiger charge is 2.12. The third-order valence-corrected chi connectivity index (χ3v) is 3.66. The largest absolute Gasteiger partial charge is 0.339 e. The van der Waals surface area contributed by atoms with Gasteiger partial charge in [0.25, 0.3) is 5.91 Å². The number of carbonyl (C=O) groups excluding carboxylic acids is 2. The Morgan fingerprint density at radius 1 is 1.12 bits per heavy atom. The van der Waals surface area contributed by atoms with Crippen molar-refractivity contribution in [3.8, 4) is 11.4 Å². The molecule has 0 aliphatic rings. The fourth-order valence-corrected chi connectivity index (χ4v) is 2.27. The molecular weight excluding hydrogens is 334 g/mol. The molecular formula is C18H17N5O3. The maximum Gasteiger partial charge on any atom is 0.269 e. The molecule has 0 bridgehead atoms. The van der Waals surface area contributed by atoms with Crippen molar-refractivity contribution < 1.29 is 14.1 Å². The fraction of sp³-hybridized carbons (Fsp3) is 0.167. The van der Waals surface area contributed by atoms with E-state index in [1.807, 2.05) is 25.1 Å². The molecule has 1 aromatic carbocycles. The van der Waals surface area contributed by atoms with Crippen LogP contribution in [0, 0.1) is 6.92 Å². The van der Waals surface area contributed by atoms with E-state index in [0.717, 1.165) is 11.1 Å². The van der Waals surface area contributed by atoms with Crippen molar-refractivity contribution in [2.75, 3.05) is 0 Å². The molecule has 0 aliphatic heterocycles. The number of nitrogens with zero attached hydrogens (tertiary/aromatic N) is 3. The lowest BCUT2D eigenvalue weighted by molar-refractivity contribution is -0.121. The molecule has 3 rings (SSSR count). The van der Waals surface area contributed by atoms with Crippen molar-refractivity contribution in [2.24, 2.45) is 0 Å². The molecule has 8 heteroatoms. The molecule has 0 saturated carbocycles. The van der Waals surface area contributed by atoms with Gasteiger partial charge in [0.1, 0.15) is 0 Å². The first kappa shape index (κ1) is 17.3. The number of aryl methyl sites for hydroxylation is 2. The summed E-state index contributed by atoms with van der Waals surface area (Å²) in [6.45, 7) is 1.83. The van der Waals surface area contributed by atoms with E-state index in [2.05, 4.69) is 26.0 Å². The minimum absolute atomic E-state index is 0.0999. The SMILES string of the molecule is Cc1ccccc1C(=O)NNC(=O)CCc1nc(-c2cccnc2)no1. The van der Waals surface area contributed by atoms with Gasteiger partial charge in [-0.2, -0.15) is 4.98 Å². The topological polar surface area (TPSA) is 110 Å². The molecule has 0 unspecified atom stereocenters. The van der Waals surface area contributed by atoms with Gasteiger partial charge in [-0.1, -0.05) is 23.4 Å². The van der Waals surface area contributed by atoms with Crippen LogP contribution in [-0.2, 0) is 11.2 Å². The first-order valence-electron chi connectivity index (χ1n) is 8.01. The lowest BCUT2D eigenvalue weighted by Gasteiger charge is -2.08. The van der Waals surface area contributed by atoms with E-state index < -0.39 is 0 Å². The van der Waals surface area contributed by atoms with Crippen LogP contribution in [0.4, 0.5) is 0 Å². The van der Waals surface area contributed by atoms with Crippen LogP contribution in [0.15, 0.2) is 53.3 Å². The van der Waals surface area contributed by atoms with Gasteiger partial charge in [0.2, 0.25) is 17.6 Å². The van der Waals surface area contributed by atoms with E-state index in [0.29, 0.717) is 17.3 Å². The minimum Gasteiger partial charge on any atom is -0.339 e. The monoisotopic (exact) mass is 351 g/mol. The number of nitrogens with one attached hydrogen (secondary N) is 2. The minimum atomic E-state index is -0.367. The van der Waals surface area contributed by atoms with Crippen LogP contribution in [0.2, 0.25) is 0 Å². The second-order valence-electron chi connectivity index (χ2n) is 5.57. The third-order valence-electron chi connectivity index (χ3n) is 3.66. The van der Waals surface area contributed by atoms with Crippen molar-refractivity contribution in [3.05, 3.63) is 65.8 Å². The van der Waals surface area contributed by atoms with Crippen LogP contribution in [0.3, 0.4) is 0 Å². The summed E-state index contributed by atoms with van der Waals surface area (Å²) in [4.78, 5) is 32.1. The van der Waals surface area contributed by atoms with E-state index in [1.165, 1.54) is 0 Å². The summed E-state index contributed by atoms with van der Waals surface area (Å²) >= 11 is 0. The number of rotatable bonds is 5. The summed E-state index contributed by atoms with van der Waals surface area (Å²) in [6, 6.07) is 10.7. The predicted molar refractivity (Wildman–Crippen MR) is 92.6 cm³/mol. The average molecular weight is 351 g/mol. The zero-order valence-corrected chi connectivity index (χ0v) is 14.1. The molecule has 2 heterocycles. The molecule has 3 aromatic rings. The van der Waals surface area contributed by atoms with Crippen molar-refractivity contribution in [3.63, 3.8) is 0 Å². The molecule has 0 atom stereocenters. The lowest BCUT2D eigenvalue weighted by Crippen LogP contribution is -2.41. The Morgan fingerprint density at radius 3 is 2.73 bits per heavy atom. The maximum atomic E-state index is 12.0. The first-order chi connectivity index (χ1) is 12.6. The van der Waals surface area contributed by atoms with Gasteiger partial charge in [0, 0.05) is 36.4 Å². The zero-order chi connectivity index (χ0) is 18.4. The van der Waals surface area contributed by atoms with E-state index in [4.69, 9.17) is 4.52 Å². The van der Waals surface area contributed by atoms with Gasteiger partial charge in [0.15, 0.2) is 0 Å². The fourth-order valence-electron chi connectivity index (χ4n) is 2.27. The molecule has 0 aliphatic carbocycles. The zero-order valence-electron chi connectivity index (χ0n) is 14.1. The third kappa shape index (κ3) is 4.29. The number of carbonyl (C=O) groups is 2. The highest BCUT2D eigenvalue weighted by molar-refractivity contribution is 5.96. The van der Waals surface area contributed by atoms with E-state index in [-0.39, 0.29) is 24.7 Å². The molecule has 8 nitrogen and oxygen atoms in total. The molecule has 26 heavy (non-hydrogen) atoms. The Kier molecular flexibility index (Phi) is 5.33.